The van der Waals surface area contributed by atoms with Crippen molar-refractivity contribution in [3.8, 4) is 0 Å². The third kappa shape index (κ3) is 6.35. The minimum absolute atomic E-state index is 0.0000926. The van der Waals surface area contributed by atoms with Gasteiger partial charge in [-0.3, -0.25) is 9.69 Å². The third-order valence-corrected chi connectivity index (χ3v) is 2.57. The fourth-order valence-corrected chi connectivity index (χ4v) is 1.69. The third-order valence-electron chi connectivity index (χ3n) is 2.57. The predicted octanol–water partition coefficient (Wildman–Crippen LogP) is 2.12. The first-order chi connectivity index (χ1) is 8.92. The highest BCUT2D eigenvalue weighted by atomic mass is 19.4. The van der Waals surface area contributed by atoms with E-state index >= 15 is 0 Å². The Morgan fingerprint density at radius 1 is 1.16 bits per heavy atom. The molecule has 106 valence electrons. The second-order valence-corrected chi connectivity index (χ2v) is 4.15. The molecule has 1 rings (SSSR count). The SMILES string of the molecule is O=C(CCN(CCO)CC(F)(F)F)c1ccccc1. The summed E-state index contributed by atoms with van der Waals surface area (Å²) in [5.74, 6) is -0.203. The number of Topliss-reactive ketones (excluding diaryl/α,β-unsaturated/α-hetero) is 1. The van der Waals surface area contributed by atoms with Crippen LogP contribution in [0.2, 0.25) is 0 Å². The maximum atomic E-state index is 12.3. The van der Waals surface area contributed by atoms with Gasteiger partial charge in [0.15, 0.2) is 5.78 Å². The highest BCUT2D eigenvalue weighted by molar-refractivity contribution is 5.96. The minimum atomic E-state index is -4.33. The Bertz CT molecular complexity index is 393. The number of hydrogen-bond donors (Lipinski definition) is 1. The van der Waals surface area contributed by atoms with Crippen LogP contribution in [0.3, 0.4) is 0 Å². The number of nitrogens with zero attached hydrogens (tertiary/aromatic N) is 1. The number of benzene rings is 1. The van der Waals surface area contributed by atoms with Gasteiger partial charge in [0.05, 0.1) is 13.2 Å². The normalized spacial score (nSPS) is 11.8. The van der Waals surface area contributed by atoms with Crippen molar-refractivity contribution in [1.29, 1.82) is 0 Å². The van der Waals surface area contributed by atoms with Gasteiger partial charge in [0.1, 0.15) is 0 Å². The topological polar surface area (TPSA) is 40.5 Å². The molecule has 0 aromatic heterocycles. The van der Waals surface area contributed by atoms with Gasteiger partial charge in [-0.25, -0.2) is 0 Å². The standard InChI is InChI=1S/C13H16F3NO2/c14-13(15,16)10-17(8-9-18)7-6-12(19)11-4-2-1-3-5-11/h1-5,18H,6-10H2. The van der Waals surface area contributed by atoms with Crippen molar-refractivity contribution in [3.05, 3.63) is 35.9 Å². The Hall–Kier alpha value is -1.40. The molecule has 0 aliphatic carbocycles. The molecular formula is C13H16F3NO2. The molecule has 0 radical (unpaired) electrons. The van der Waals surface area contributed by atoms with E-state index in [1.165, 1.54) is 0 Å². The first-order valence-electron chi connectivity index (χ1n) is 5.90. The largest absolute Gasteiger partial charge is 0.401 e. The van der Waals surface area contributed by atoms with Crippen molar-refractivity contribution >= 4 is 5.78 Å². The molecule has 0 atom stereocenters. The average Bonchev–Trinajstić information content (AvgIpc) is 2.35. The van der Waals surface area contributed by atoms with Gasteiger partial charge < -0.3 is 5.11 Å². The monoisotopic (exact) mass is 275 g/mol. The smallest absolute Gasteiger partial charge is 0.395 e. The zero-order chi connectivity index (χ0) is 14.3. The Labute approximate surface area is 109 Å². The number of aliphatic hydroxyl groups is 1. The highest BCUT2D eigenvalue weighted by Crippen LogP contribution is 2.16. The Morgan fingerprint density at radius 3 is 2.32 bits per heavy atom. The molecule has 1 aromatic rings. The fraction of sp³-hybridized carbons (Fsp3) is 0.462. The van der Waals surface area contributed by atoms with E-state index in [0.29, 0.717) is 5.56 Å². The maximum Gasteiger partial charge on any atom is 0.401 e. The summed E-state index contributed by atoms with van der Waals surface area (Å²) in [5, 5.41) is 8.72. The number of alkyl halides is 3. The minimum Gasteiger partial charge on any atom is -0.395 e. The summed E-state index contributed by atoms with van der Waals surface area (Å²) in [4.78, 5) is 12.8. The molecule has 0 fully saturated rings. The van der Waals surface area contributed by atoms with Crippen LogP contribution in [-0.2, 0) is 0 Å². The van der Waals surface area contributed by atoms with Gasteiger partial charge in [-0.05, 0) is 0 Å². The lowest BCUT2D eigenvalue weighted by molar-refractivity contribution is -0.146. The molecule has 6 heteroatoms. The van der Waals surface area contributed by atoms with Crippen molar-refractivity contribution in [2.45, 2.75) is 12.6 Å². The number of aliphatic hydroxyl groups excluding tert-OH is 1. The van der Waals surface area contributed by atoms with Crippen LogP contribution in [0.5, 0.6) is 0 Å². The maximum absolute atomic E-state index is 12.3. The van der Waals surface area contributed by atoms with Crippen LogP contribution in [0.4, 0.5) is 13.2 Å². The van der Waals surface area contributed by atoms with E-state index in [1.54, 1.807) is 30.3 Å². The van der Waals surface area contributed by atoms with Crippen LogP contribution >= 0.6 is 0 Å². The lowest BCUT2D eigenvalue weighted by atomic mass is 10.1. The van der Waals surface area contributed by atoms with Gasteiger partial charge in [-0.2, -0.15) is 13.2 Å². The molecule has 19 heavy (non-hydrogen) atoms. The lowest BCUT2D eigenvalue weighted by Crippen LogP contribution is -2.37. The van der Waals surface area contributed by atoms with Gasteiger partial charge in [0.25, 0.3) is 0 Å². The molecule has 3 nitrogen and oxygen atoms in total. The van der Waals surface area contributed by atoms with E-state index in [4.69, 9.17) is 5.11 Å². The summed E-state index contributed by atoms with van der Waals surface area (Å²) < 4.78 is 36.8. The first-order valence-corrected chi connectivity index (χ1v) is 5.90. The lowest BCUT2D eigenvalue weighted by Gasteiger charge is -2.22. The molecule has 0 heterocycles. The first kappa shape index (κ1) is 15.7. The average molecular weight is 275 g/mol. The molecule has 0 amide bonds. The Balaban J connectivity index is 2.50. The van der Waals surface area contributed by atoms with Crippen LogP contribution in [0.1, 0.15) is 16.8 Å². The van der Waals surface area contributed by atoms with Gasteiger partial charge in [0, 0.05) is 25.1 Å². The number of carbonyl (C=O) groups is 1. The van der Waals surface area contributed by atoms with Crippen LogP contribution in [0.25, 0.3) is 0 Å². The zero-order valence-corrected chi connectivity index (χ0v) is 10.4. The summed E-state index contributed by atoms with van der Waals surface area (Å²) in [5.41, 5.74) is 0.485. The van der Waals surface area contributed by atoms with Gasteiger partial charge in [0.2, 0.25) is 0 Å². The molecule has 0 aliphatic rings. The summed E-state index contributed by atoms with van der Waals surface area (Å²) in [6.45, 7) is -1.60. The number of hydrogen-bond acceptors (Lipinski definition) is 3. The van der Waals surface area contributed by atoms with Crippen LogP contribution in [0.15, 0.2) is 30.3 Å². The molecule has 0 saturated heterocycles. The second-order valence-electron chi connectivity index (χ2n) is 4.15. The number of ketones is 1. The molecule has 0 aliphatic heterocycles. The number of halogens is 3. The molecular weight excluding hydrogens is 259 g/mol. The summed E-state index contributed by atoms with van der Waals surface area (Å²) in [6, 6.07) is 8.42. The fourth-order valence-electron chi connectivity index (χ4n) is 1.69. The van der Waals surface area contributed by atoms with Crippen molar-refractivity contribution in [2.75, 3.05) is 26.2 Å². The van der Waals surface area contributed by atoms with E-state index in [9.17, 15) is 18.0 Å². The molecule has 0 bridgehead atoms. The van der Waals surface area contributed by atoms with Crippen molar-refractivity contribution in [3.63, 3.8) is 0 Å². The van der Waals surface area contributed by atoms with E-state index < -0.39 is 12.7 Å². The number of carbonyl (C=O) groups excluding carboxylic acids is 1. The number of rotatable bonds is 7. The summed E-state index contributed by atoms with van der Waals surface area (Å²) in [6.07, 6.45) is -4.33. The van der Waals surface area contributed by atoms with E-state index in [1.807, 2.05) is 0 Å². The molecule has 0 unspecified atom stereocenters. The van der Waals surface area contributed by atoms with Crippen LogP contribution in [-0.4, -0.2) is 48.2 Å². The van der Waals surface area contributed by atoms with Gasteiger partial charge >= 0.3 is 6.18 Å². The van der Waals surface area contributed by atoms with E-state index in [0.717, 1.165) is 4.90 Å². The zero-order valence-electron chi connectivity index (χ0n) is 10.4. The van der Waals surface area contributed by atoms with E-state index in [-0.39, 0.29) is 31.9 Å². The Kier molecular flexibility index (Phi) is 5.98. The van der Waals surface area contributed by atoms with Crippen LogP contribution in [0, 0.1) is 0 Å². The summed E-state index contributed by atoms with van der Waals surface area (Å²) in [7, 11) is 0. The quantitative estimate of drug-likeness (QED) is 0.775. The van der Waals surface area contributed by atoms with Gasteiger partial charge in [-0.15, -0.1) is 0 Å². The predicted molar refractivity (Wildman–Crippen MR) is 65.0 cm³/mol. The van der Waals surface area contributed by atoms with Crippen molar-refractivity contribution in [1.82, 2.24) is 4.90 Å². The highest BCUT2D eigenvalue weighted by Gasteiger charge is 2.30. The molecule has 1 N–H and O–H groups in total. The van der Waals surface area contributed by atoms with E-state index in [2.05, 4.69) is 0 Å². The van der Waals surface area contributed by atoms with Crippen LogP contribution < -0.4 is 0 Å². The molecule has 0 spiro atoms. The van der Waals surface area contributed by atoms with Crippen molar-refractivity contribution < 1.29 is 23.1 Å². The molecule has 0 saturated carbocycles. The summed E-state index contributed by atoms with van der Waals surface area (Å²) >= 11 is 0. The second kappa shape index (κ2) is 7.25. The Morgan fingerprint density at radius 2 is 1.79 bits per heavy atom. The van der Waals surface area contributed by atoms with Crippen molar-refractivity contribution in [2.24, 2.45) is 0 Å². The molecule has 1 aromatic carbocycles. The van der Waals surface area contributed by atoms with Gasteiger partial charge in [-0.1, -0.05) is 30.3 Å².